The molecule has 0 saturated carbocycles. The summed E-state index contributed by atoms with van der Waals surface area (Å²) >= 11 is 5.95. The third kappa shape index (κ3) is 3.46. The molecule has 1 aliphatic heterocycles. The van der Waals surface area contributed by atoms with E-state index in [-0.39, 0.29) is 16.0 Å². The van der Waals surface area contributed by atoms with Crippen molar-refractivity contribution in [2.45, 2.75) is 11.0 Å². The van der Waals surface area contributed by atoms with Crippen LogP contribution in [0.25, 0.3) is 0 Å². The Morgan fingerprint density at radius 3 is 2.84 bits per heavy atom. The molecule has 1 saturated heterocycles. The lowest BCUT2D eigenvalue weighted by Crippen LogP contribution is -2.45. The van der Waals surface area contributed by atoms with Crippen molar-refractivity contribution in [1.82, 2.24) is 9.62 Å². The van der Waals surface area contributed by atoms with E-state index in [0.29, 0.717) is 19.7 Å². The molecule has 0 aromatic heterocycles. The summed E-state index contributed by atoms with van der Waals surface area (Å²) in [6, 6.07) is 6.44. The van der Waals surface area contributed by atoms with E-state index in [0.717, 1.165) is 6.54 Å². The number of likely N-dealkylation sites (N-methyl/N-ethyl adjacent to an activating group) is 1. The number of rotatable bonds is 4. The fourth-order valence-electron chi connectivity index (χ4n) is 1.94. The lowest BCUT2D eigenvalue weighted by atomic mass is 10.3. The van der Waals surface area contributed by atoms with Crippen LogP contribution in [0.3, 0.4) is 0 Å². The maximum atomic E-state index is 12.4. The summed E-state index contributed by atoms with van der Waals surface area (Å²) in [7, 11) is -2.04. The molecule has 106 valence electrons. The molecule has 0 amide bonds. The van der Waals surface area contributed by atoms with Gasteiger partial charge in [-0.3, -0.25) is 0 Å². The average molecular weight is 305 g/mol. The Morgan fingerprint density at radius 1 is 1.47 bits per heavy atom. The summed E-state index contributed by atoms with van der Waals surface area (Å²) in [5.74, 6) is 0. The van der Waals surface area contributed by atoms with Gasteiger partial charge in [0.15, 0.2) is 0 Å². The molecule has 1 aromatic carbocycles. The first kappa shape index (κ1) is 14.7. The minimum Gasteiger partial charge on any atom is -0.374 e. The molecule has 1 heterocycles. The Morgan fingerprint density at radius 2 is 2.21 bits per heavy atom. The highest BCUT2D eigenvalue weighted by molar-refractivity contribution is 7.89. The van der Waals surface area contributed by atoms with Gasteiger partial charge >= 0.3 is 0 Å². The molecule has 19 heavy (non-hydrogen) atoms. The molecule has 5 nitrogen and oxygen atoms in total. The molecule has 1 aliphatic rings. The number of hydrogen-bond acceptors (Lipinski definition) is 4. The maximum absolute atomic E-state index is 12.4. The standard InChI is InChI=1S/C12H17ClN2O3S/c1-15(9-10-8-14-6-7-18-10)19(16,17)12-5-3-2-4-11(12)13/h2-5,10,14H,6-9H2,1H3. The van der Waals surface area contributed by atoms with Crippen LogP contribution in [-0.2, 0) is 14.8 Å². The largest absolute Gasteiger partial charge is 0.374 e. The molecule has 0 aliphatic carbocycles. The highest BCUT2D eigenvalue weighted by Gasteiger charge is 2.26. The van der Waals surface area contributed by atoms with Gasteiger partial charge in [-0.2, -0.15) is 4.31 Å². The zero-order valence-corrected chi connectivity index (χ0v) is 12.2. The number of sulfonamides is 1. The normalized spacial score (nSPS) is 20.7. The van der Waals surface area contributed by atoms with E-state index in [1.807, 2.05) is 0 Å². The van der Waals surface area contributed by atoms with Gasteiger partial charge in [-0.25, -0.2) is 8.42 Å². The van der Waals surface area contributed by atoms with Gasteiger partial charge in [-0.15, -0.1) is 0 Å². The van der Waals surface area contributed by atoms with Crippen LogP contribution in [0, 0.1) is 0 Å². The summed E-state index contributed by atoms with van der Waals surface area (Å²) in [5.41, 5.74) is 0. The van der Waals surface area contributed by atoms with E-state index in [1.165, 1.54) is 17.4 Å². The van der Waals surface area contributed by atoms with E-state index in [1.54, 1.807) is 18.2 Å². The summed E-state index contributed by atoms with van der Waals surface area (Å²) in [4.78, 5) is 0.128. The van der Waals surface area contributed by atoms with Crippen LogP contribution in [0.15, 0.2) is 29.2 Å². The average Bonchev–Trinajstić information content (AvgIpc) is 2.40. The van der Waals surface area contributed by atoms with Gasteiger partial charge in [0.1, 0.15) is 4.90 Å². The number of morpholine rings is 1. The Bertz CT molecular complexity index is 530. The minimum absolute atomic E-state index is 0.128. The van der Waals surface area contributed by atoms with Gasteiger partial charge < -0.3 is 10.1 Å². The van der Waals surface area contributed by atoms with Crippen LogP contribution in [0.2, 0.25) is 5.02 Å². The second kappa shape index (κ2) is 6.19. The number of halogens is 1. The second-order valence-electron chi connectivity index (χ2n) is 4.41. The fraction of sp³-hybridized carbons (Fsp3) is 0.500. The van der Waals surface area contributed by atoms with Crippen molar-refractivity contribution < 1.29 is 13.2 Å². The lowest BCUT2D eigenvalue weighted by molar-refractivity contribution is 0.0206. The Hall–Kier alpha value is -0.660. The first-order valence-electron chi connectivity index (χ1n) is 6.05. The van der Waals surface area contributed by atoms with Gasteiger partial charge in [-0.05, 0) is 12.1 Å². The minimum atomic E-state index is -3.58. The third-order valence-corrected chi connectivity index (χ3v) is 5.31. The number of nitrogens with zero attached hydrogens (tertiary/aromatic N) is 1. The summed E-state index contributed by atoms with van der Waals surface area (Å²) in [5, 5.41) is 3.40. The highest BCUT2D eigenvalue weighted by Crippen LogP contribution is 2.23. The van der Waals surface area contributed by atoms with Crippen molar-refractivity contribution >= 4 is 21.6 Å². The maximum Gasteiger partial charge on any atom is 0.244 e. The van der Waals surface area contributed by atoms with Crippen molar-refractivity contribution in [2.24, 2.45) is 0 Å². The van der Waals surface area contributed by atoms with Crippen LogP contribution in [0.5, 0.6) is 0 Å². The predicted octanol–water partition coefficient (Wildman–Crippen LogP) is 0.949. The van der Waals surface area contributed by atoms with Crippen LogP contribution in [-0.4, -0.2) is 52.1 Å². The molecule has 0 radical (unpaired) electrons. The number of benzene rings is 1. The summed E-state index contributed by atoms with van der Waals surface area (Å²) in [6.45, 7) is 2.37. The molecule has 7 heteroatoms. The first-order chi connectivity index (χ1) is 9.01. The molecule has 1 fully saturated rings. The fourth-order valence-corrected chi connectivity index (χ4v) is 3.64. The smallest absolute Gasteiger partial charge is 0.244 e. The van der Waals surface area contributed by atoms with Gasteiger partial charge in [0.05, 0.1) is 17.7 Å². The monoisotopic (exact) mass is 304 g/mol. The molecule has 1 N–H and O–H groups in total. The first-order valence-corrected chi connectivity index (χ1v) is 7.87. The number of nitrogens with one attached hydrogen (secondary N) is 1. The van der Waals surface area contributed by atoms with Crippen LogP contribution < -0.4 is 5.32 Å². The Balaban J connectivity index is 2.13. The SMILES string of the molecule is CN(CC1CNCCO1)S(=O)(=O)c1ccccc1Cl. The quantitative estimate of drug-likeness (QED) is 0.900. The van der Waals surface area contributed by atoms with Gasteiger partial charge in [0, 0.05) is 26.7 Å². The van der Waals surface area contributed by atoms with Crippen molar-refractivity contribution in [2.75, 3.05) is 33.3 Å². The molecule has 1 unspecified atom stereocenters. The van der Waals surface area contributed by atoms with Crippen LogP contribution in [0.4, 0.5) is 0 Å². The van der Waals surface area contributed by atoms with Gasteiger partial charge in [0.25, 0.3) is 0 Å². The third-order valence-electron chi connectivity index (χ3n) is 2.99. The molecule has 0 spiro atoms. The highest BCUT2D eigenvalue weighted by atomic mass is 35.5. The molecular weight excluding hydrogens is 288 g/mol. The summed E-state index contributed by atoms with van der Waals surface area (Å²) in [6.07, 6.45) is -0.129. The Kier molecular flexibility index (Phi) is 4.81. The zero-order valence-electron chi connectivity index (χ0n) is 10.7. The molecule has 0 bridgehead atoms. The van der Waals surface area contributed by atoms with Crippen molar-refractivity contribution in [3.63, 3.8) is 0 Å². The molecule has 1 aromatic rings. The van der Waals surface area contributed by atoms with Crippen molar-refractivity contribution in [3.8, 4) is 0 Å². The lowest BCUT2D eigenvalue weighted by Gasteiger charge is -2.27. The second-order valence-corrected chi connectivity index (χ2v) is 6.83. The zero-order chi connectivity index (χ0) is 13.9. The van der Waals surface area contributed by atoms with Crippen LogP contribution >= 0.6 is 11.6 Å². The van der Waals surface area contributed by atoms with Crippen molar-refractivity contribution in [1.29, 1.82) is 0 Å². The summed E-state index contributed by atoms with van der Waals surface area (Å²) < 4.78 is 31.6. The molecule has 1 atom stereocenters. The topological polar surface area (TPSA) is 58.6 Å². The van der Waals surface area contributed by atoms with Crippen LogP contribution in [0.1, 0.15) is 0 Å². The molecule has 2 rings (SSSR count). The van der Waals surface area contributed by atoms with E-state index in [4.69, 9.17) is 16.3 Å². The number of hydrogen-bond donors (Lipinski definition) is 1. The van der Waals surface area contributed by atoms with Gasteiger partial charge in [0.2, 0.25) is 10.0 Å². The van der Waals surface area contributed by atoms with E-state index >= 15 is 0 Å². The van der Waals surface area contributed by atoms with Gasteiger partial charge in [-0.1, -0.05) is 23.7 Å². The van der Waals surface area contributed by atoms with E-state index in [2.05, 4.69) is 5.32 Å². The van der Waals surface area contributed by atoms with E-state index in [9.17, 15) is 8.42 Å². The number of ether oxygens (including phenoxy) is 1. The van der Waals surface area contributed by atoms with Crippen molar-refractivity contribution in [3.05, 3.63) is 29.3 Å². The van der Waals surface area contributed by atoms with E-state index < -0.39 is 10.0 Å². The predicted molar refractivity (Wildman–Crippen MR) is 73.9 cm³/mol. The Labute approximate surface area is 118 Å². The molecular formula is C12H17ClN2O3S.